The lowest BCUT2D eigenvalue weighted by Crippen LogP contribution is -2.37. The van der Waals surface area contributed by atoms with Gasteiger partial charge in [0.25, 0.3) is 0 Å². The third kappa shape index (κ3) is 3.69. The molecule has 1 fully saturated rings. The fourth-order valence-corrected chi connectivity index (χ4v) is 3.06. The van der Waals surface area contributed by atoms with E-state index in [9.17, 15) is 9.50 Å². The first-order chi connectivity index (χ1) is 9.10. The smallest absolute Gasteiger partial charge is 0.123 e. The number of nitrogens with zero attached hydrogens (tertiary/aromatic N) is 1. The molecule has 0 aliphatic heterocycles. The lowest BCUT2D eigenvalue weighted by molar-refractivity contribution is 0.0511. The summed E-state index contributed by atoms with van der Waals surface area (Å²) in [5.74, 6) is 0.865. The standard InChI is InChI=1S/C16H24FNO/c1-3-12-4-9-16(19)13(10-12)11-18(2)15-7-5-14(17)6-8-15/h5-8,12-13,16,19H,3-4,9-11H2,1-2H3. The highest BCUT2D eigenvalue weighted by molar-refractivity contribution is 5.45. The number of hydrogen-bond donors (Lipinski definition) is 1. The minimum atomic E-state index is -0.208. The Kier molecular flexibility index (Phi) is 4.81. The Morgan fingerprint density at radius 2 is 1.95 bits per heavy atom. The van der Waals surface area contributed by atoms with Crippen molar-refractivity contribution in [1.29, 1.82) is 0 Å². The van der Waals surface area contributed by atoms with Gasteiger partial charge in [0.15, 0.2) is 0 Å². The number of hydrogen-bond acceptors (Lipinski definition) is 2. The third-order valence-corrected chi connectivity index (χ3v) is 4.40. The van der Waals surface area contributed by atoms with Gasteiger partial charge in [-0.15, -0.1) is 0 Å². The van der Waals surface area contributed by atoms with Crippen molar-refractivity contribution >= 4 is 5.69 Å². The van der Waals surface area contributed by atoms with E-state index in [1.54, 1.807) is 12.1 Å². The van der Waals surface area contributed by atoms with Crippen molar-refractivity contribution in [3.05, 3.63) is 30.1 Å². The molecule has 0 heterocycles. The molecule has 2 rings (SSSR count). The molecule has 3 unspecified atom stereocenters. The summed E-state index contributed by atoms with van der Waals surface area (Å²) < 4.78 is 12.9. The highest BCUT2D eigenvalue weighted by atomic mass is 19.1. The van der Waals surface area contributed by atoms with Crippen molar-refractivity contribution in [2.45, 2.75) is 38.7 Å². The second-order valence-corrected chi connectivity index (χ2v) is 5.77. The molecule has 1 aromatic carbocycles. The molecule has 1 aliphatic rings. The number of anilines is 1. The Morgan fingerprint density at radius 3 is 2.58 bits per heavy atom. The van der Waals surface area contributed by atoms with Gasteiger partial charge in [0, 0.05) is 25.2 Å². The summed E-state index contributed by atoms with van der Waals surface area (Å²) in [6, 6.07) is 6.56. The molecule has 1 N–H and O–H groups in total. The summed E-state index contributed by atoms with van der Waals surface area (Å²) in [6.45, 7) is 3.06. The molecule has 0 radical (unpaired) electrons. The van der Waals surface area contributed by atoms with Crippen LogP contribution in [0.15, 0.2) is 24.3 Å². The van der Waals surface area contributed by atoms with E-state index in [2.05, 4.69) is 11.8 Å². The molecule has 1 saturated carbocycles. The molecule has 3 atom stereocenters. The average molecular weight is 265 g/mol. The van der Waals surface area contributed by atoms with E-state index in [1.807, 2.05) is 7.05 Å². The average Bonchev–Trinajstić information content (AvgIpc) is 2.42. The molecule has 106 valence electrons. The van der Waals surface area contributed by atoms with Gasteiger partial charge in [-0.3, -0.25) is 0 Å². The maximum absolute atomic E-state index is 12.9. The number of aliphatic hydroxyl groups is 1. The largest absolute Gasteiger partial charge is 0.393 e. The summed E-state index contributed by atoms with van der Waals surface area (Å²) in [7, 11) is 2.01. The predicted octanol–water partition coefficient (Wildman–Crippen LogP) is 3.45. The molecule has 0 bridgehead atoms. The van der Waals surface area contributed by atoms with E-state index in [0.29, 0.717) is 5.92 Å². The Bertz CT molecular complexity index is 392. The minimum Gasteiger partial charge on any atom is -0.393 e. The molecular weight excluding hydrogens is 241 g/mol. The van der Waals surface area contributed by atoms with Crippen LogP contribution in [-0.2, 0) is 0 Å². The van der Waals surface area contributed by atoms with Gasteiger partial charge >= 0.3 is 0 Å². The summed E-state index contributed by atoms with van der Waals surface area (Å²) >= 11 is 0. The Hall–Kier alpha value is -1.09. The maximum atomic E-state index is 12.9. The van der Waals surface area contributed by atoms with Crippen molar-refractivity contribution in [1.82, 2.24) is 0 Å². The van der Waals surface area contributed by atoms with E-state index in [0.717, 1.165) is 37.4 Å². The molecule has 1 aromatic rings. The molecular formula is C16H24FNO. The van der Waals surface area contributed by atoms with Crippen molar-refractivity contribution < 1.29 is 9.50 Å². The highest BCUT2D eigenvalue weighted by Gasteiger charge is 2.29. The van der Waals surface area contributed by atoms with Crippen LogP contribution in [0.2, 0.25) is 0 Å². The molecule has 0 spiro atoms. The second-order valence-electron chi connectivity index (χ2n) is 5.77. The maximum Gasteiger partial charge on any atom is 0.123 e. The van der Waals surface area contributed by atoms with Crippen LogP contribution >= 0.6 is 0 Å². The monoisotopic (exact) mass is 265 g/mol. The van der Waals surface area contributed by atoms with Crippen LogP contribution in [0.5, 0.6) is 0 Å². The zero-order valence-corrected chi connectivity index (χ0v) is 11.8. The van der Waals surface area contributed by atoms with Crippen LogP contribution in [-0.4, -0.2) is 24.8 Å². The van der Waals surface area contributed by atoms with Crippen LogP contribution in [0.25, 0.3) is 0 Å². The molecule has 2 nitrogen and oxygen atoms in total. The van der Waals surface area contributed by atoms with Gasteiger partial charge in [-0.05, 0) is 49.4 Å². The van der Waals surface area contributed by atoms with Crippen LogP contribution in [0.1, 0.15) is 32.6 Å². The van der Waals surface area contributed by atoms with Crippen molar-refractivity contribution in [3.63, 3.8) is 0 Å². The highest BCUT2D eigenvalue weighted by Crippen LogP contribution is 2.32. The molecule has 3 heteroatoms. The summed E-state index contributed by atoms with van der Waals surface area (Å²) in [5, 5.41) is 10.1. The first-order valence-electron chi connectivity index (χ1n) is 7.25. The second kappa shape index (κ2) is 6.38. The van der Waals surface area contributed by atoms with Crippen molar-refractivity contribution in [2.75, 3.05) is 18.5 Å². The van der Waals surface area contributed by atoms with Gasteiger partial charge in [-0.25, -0.2) is 4.39 Å². The molecule has 19 heavy (non-hydrogen) atoms. The van der Waals surface area contributed by atoms with Crippen LogP contribution < -0.4 is 4.90 Å². The first-order valence-corrected chi connectivity index (χ1v) is 7.25. The van der Waals surface area contributed by atoms with E-state index in [-0.39, 0.29) is 11.9 Å². The normalized spacial score (nSPS) is 27.3. The molecule has 1 aliphatic carbocycles. The fourth-order valence-electron chi connectivity index (χ4n) is 3.06. The van der Waals surface area contributed by atoms with Crippen LogP contribution in [0.3, 0.4) is 0 Å². The van der Waals surface area contributed by atoms with Gasteiger partial charge in [0.2, 0.25) is 0 Å². The fraction of sp³-hybridized carbons (Fsp3) is 0.625. The summed E-state index contributed by atoms with van der Waals surface area (Å²) in [4.78, 5) is 2.12. The molecule has 0 amide bonds. The third-order valence-electron chi connectivity index (χ3n) is 4.40. The Balaban J connectivity index is 1.97. The lowest BCUT2D eigenvalue weighted by atomic mass is 9.78. The van der Waals surface area contributed by atoms with E-state index in [1.165, 1.54) is 18.6 Å². The van der Waals surface area contributed by atoms with E-state index in [4.69, 9.17) is 0 Å². The number of aliphatic hydroxyl groups excluding tert-OH is 1. The number of rotatable bonds is 4. The first kappa shape index (κ1) is 14.3. The quantitative estimate of drug-likeness (QED) is 0.901. The lowest BCUT2D eigenvalue weighted by Gasteiger charge is -2.36. The Morgan fingerprint density at radius 1 is 1.26 bits per heavy atom. The van der Waals surface area contributed by atoms with Crippen molar-refractivity contribution in [3.8, 4) is 0 Å². The Labute approximate surface area is 115 Å². The van der Waals surface area contributed by atoms with E-state index >= 15 is 0 Å². The van der Waals surface area contributed by atoms with E-state index < -0.39 is 0 Å². The topological polar surface area (TPSA) is 23.5 Å². The van der Waals surface area contributed by atoms with Gasteiger partial charge in [0.1, 0.15) is 5.82 Å². The van der Waals surface area contributed by atoms with Crippen LogP contribution in [0.4, 0.5) is 10.1 Å². The van der Waals surface area contributed by atoms with Gasteiger partial charge in [0.05, 0.1) is 6.10 Å². The zero-order valence-electron chi connectivity index (χ0n) is 11.8. The van der Waals surface area contributed by atoms with Gasteiger partial charge in [-0.2, -0.15) is 0 Å². The van der Waals surface area contributed by atoms with Crippen LogP contribution in [0, 0.1) is 17.7 Å². The minimum absolute atomic E-state index is 0.189. The summed E-state index contributed by atoms with van der Waals surface area (Å²) in [6.07, 6.45) is 4.17. The zero-order chi connectivity index (χ0) is 13.8. The summed E-state index contributed by atoms with van der Waals surface area (Å²) in [5.41, 5.74) is 1.01. The predicted molar refractivity (Wildman–Crippen MR) is 76.8 cm³/mol. The number of halogens is 1. The molecule has 0 saturated heterocycles. The van der Waals surface area contributed by atoms with Gasteiger partial charge < -0.3 is 10.0 Å². The van der Waals surface area contributed by atoms with Crippen molar-refractivity contribution in [2.24, 2.45) is 11.8 Å². The SMILES string of the molecule is CCC1CCC(O)C(CN(C)c2ccc(F)cc2)C1. The molecule has 0 aromatic heterocycles. The van der Waals surface area contributed by atoms with Gasteiger partial charge in [-0.1, -0.05) is 13.3 Å². The number of benzene rings is 1.